The molecule has 0 radical (unpaired) electrons. The molecule has 3 fully saturated rings. The van der Waals surface area contributed by atoms with E-state index < -0.39 is 122 Å². The van der Waals surface area contributed by atoms with Gasteiger partial charge in [0, 0.05) is 26.7 Å². The van der Waals surface area contributed by atoms with Crippen LogP contribution in [0.4, 0.5) is 0 Å². The summed E-state index contributed by atoms with van der Waals surface area (Å²) in [5.41, 5.74) is 0. The van der Waals surface area contributed by atoms with Gasteiger partial charge in [0.25, 0.3) is 11.6 Å². The maximum Gasteiger partial charge on any atom is 0.367 e. The Kier molecular flexibility index (Phi) is 11.8. The van der Waals surface area contributed by atoms with Crippen molar-refractivity contribution in [3.05, 3.63) is 12.7 Å². The van der Waals surface area contributed by atoms with Crippen LogP contribution in [0.2, 0.25) is 0 Å². The van der Waals surface area contributed by atoms with Gasteiger partial charge in [-0.3, -0.25) is 9.59 Å². The zero-order valence-electron chi connectivity index (χ0n) is 24.4. The minimum atomic E-state index is -2.53. The Morgan fingerprint density at radius 2 is 1.61 bits per heavy atom. The number of carbonyl (C=O) groups excluding carboxylic acids is 4. The number of carbonyl (C=O) groups is 4. The second-order valence-corrected chi connectivity index (χ2v) is 10.7. The van der Waals surface area contributed by atoms with E-state index in [1.54, 1.807) is 0 Å². The molecule has 3 rings (SSSR count). The van der Waals surface area contributed by atoms with Gasteiger partial charge in [-0.2, -0.15) is 0 Å². The first-order valence-electron chi connectivity index (χ1n) is 13.7. The largest absolute Gasteiger partial charge is 0.465 e. The molecule has 0 saturated carbocycles. The van der Waals surface area contributed by atoms with Crippen LogP contribution in [0.5, 0.6) is 0 Å². The lowest BCUT2D eigenvalue weighted by atomic mass is 9.86. The fraction of sp³-hybridized carbons (Fsp3) is 0.769. The number of hydrogen-bond donors (Lipinski definition) is 8. The van der Waals surface area contributed by atoms with E-state index in [-0.39, 0.29) is 6.61 Å². The molecule has 0 aromatic carbocycles. The van der Waals surface area contributed by atoms with Crippen molar-refractivity contribution in [2.24, 2.45) is 0 Å². The topological polar surface area (TPSA) is 269 Å². The molecule has 0 bridgehead atoms. The van der Waals surface area contributed by atoms with Crippen LogP contribution in [0.15, 0.2) is 12.7 Å². The summed E-state index contributed by atoms with van der Waals surface area (Å²) in [5, 5.41) is 68.4. The molecule has 0 aliphatic carbocycles. The molecule has 3 saturated heterocycles. The van der Waals surface area contributed by atoms with E-state index in [0.717, 1.165) is 21.0 Å². The Labute approximate surface area is 251 Å². The standard InChI is InChI=1S/C26H40N2O16/c1-5-6-41-25(23(37)39-4)7-13(32)18(28-12(3)31)22(43-25)20(36)16-10-40-24(38)26(42-16)8-14(33)17(27-11(2)30)21(44-26)19(35)15(34)9-29/h5,13-22,29,32-36H,1,6-10H2,2-4H3,(H,27,30)(H,28,31)/t13-,14-,15+,16+,17+,18+,19+,20+,21+,22?,25+,26?/m0/s1. The van der Waals surface area contributed by atoms with Gasteiger partial charge in [0.1, 0.15) is 43.2 Å². The summed E-state index contributed by atoms with van der Waals surface area (Å²) in [7, 11) is 1.04. The Morgan fingerprint density at radius 3 is 2.16 bits per heavy atom. The normalized spacial score (nSPS) is 37.7. The van der Waals surface area contributed by atoms with Crippen molar-refractivity contribution in [3.8, 4) is 0 Å². The molecule has 1 spiro atoms. The summed E-state index contributed by atoms with van der Waals surface area (Å²) in [5.74, 6) is -8.37. The number of nitrogens with one attached hydrogen (secondary N) is 2. The first kappa shape index (κ1) is 35.7. The highest BCUT2D eigenvalue weighted by atomic mass is 16.8. The summed E-state index contributed by atoms with van der Waals surface area (Å²) in [6, 6.07) is -2.75. The van der Waals surface area contributed by atoms with Gasteiger partial charge < -0.3 is 69.7 Å². The average molecular weight is 637 g/mol. The van der Waals surface area contributed by atoms with E-state index in [1.807, 2.05) is 0 Å². The molecule has 44 heavy (non-hydrogen) atoms. The van der Waals surface area contributed by atoms with E-state index in [1.165, 1.54) is 6.08 Å². The monoisotopic (exact) mass is 636 g/mol. The maximum absolute atomic E-state index is 13.0. The van der Waals surface area contributed by atoms with Gasteiger partial charge in [-0.25, -0.2) is 9.59 Å². The molecule has 2 amide bonds. The van der Waals surface area contributed by atoms with Crippen molar-refractivity contribution >= 4 is 23.8 Å². The lowest BCUT2D eigenvalue weighted by Gasteiger charge is -2.51. The molecular formula is C26H40N2O16. The smallest absolute Gasteiger partial charge is 0.367 e. The highest BCUT2D eigenvalue weighted by molar-refractivity contribution is 5.79. The fourth-order valence-corrected chi connectivity index (χ4v) is 5.46. The van der Waals surface area contributed by atoms with Gasteiger partial charge in [-0.1, -0.05) is 6.08 Å². The SMILES string of the molecule is C=CCO[C@]1(C(=O)OC)C[C@H](O)[C@@H](NC(C)=O)C([C@H](O)[C@H]2COC(=O)C3(C[C@H](O)[C@@H](NC(C)=O)[C@H]([C@H](O)[C@H](O)CO)O3)O2)O1. The van der Waals surface area contributed by atoms with E-state index in [0.29, 0.717) is 0 Å². The number of methoxy groups -OCH3 is 1. The molecular weight excluding hydrogens is 596 g/mol. The number of esters is 2. The van der Waals surface area contributed by atoms with Crippen molar-refractivity contribution in [2.45, 2.75) is 99.2 Å². The quantitative estimate of drug-likeness (QED) is 0.0780. The van der Waals surface area contributed by atoms with Crippen LogP contribution in [0, 0.1) is 0 Å². The van der Waals surface area contributed by atoms with Crippen LogP contribution in [0.3, 0.4) is 0 Å². The Morgan fingerprint density at radius 1 is 1.02 bits per heavy atom. The number of hydrogen-bond acceptors (Lipinski definition) is 16. The molecule has 250 valence electrons. The Balaban J connectivity index is 1.98. The van der Waals surface area contributed by atoms with Gasteiger partial charge in [0.05, 0.1) is 44.6 Å². The van der Waals surface area contributed by atoms with Crippen molar-refractivity contribution in [3.63, 3.8) is 0 Å². The molecule has 0 aromatic rings. The third-order valence-corrected chi connectivity index (χ3v) is 7.48. The molecule has 12 atom stereocenters. The number of amides is 2. The maximum atomic E-state index is 13.0. The van der Waals surface area contributed by atoms with Gasteiger partial charge >= 0.3 is 11.9 Å². The number of ether oxygens (including phenoxy) is 6. The van der Waals surface area contributed by atoms with E-state index in [9.17, 15) is 49.8 Å². The summed E-state index contributed by atoms with van der Waals surface area (Å²) in [6.07, 6.45) is -13.9. The summed E-state index contributed by atoms with van der Waals surface area (Å²) in [6.45, 7) is 3.90. The lowest BCUT2D eigenvalue weighted by Crippen LogP contribution is -2.72. The van der Waals surface area contributed by atoms with Crippen LogP contribution in [-0.2, 0) is 47.6 Å². The molecule has 0 aromatic heterocycles. The third kappa shape index (κ3) is 7.36. The van der Waals surface area contributed by atoms with Crippen LogP contribution < -0.4 is 10.6 Å². The minimum Gasteiger partial charge on any atom is -0.465 e. The van der Waals surface area contributed by atoms with Gasteiger partial charge in [0.15, 0.2) is 0 Å². The summed E-state index contributed by atoms with van der Waals surface area (Å²) < 4.78 is 33.1. The zero-order chi connectivity index (χ0) is 33.0. The first-order chi connectivity index (χ1) is 20.6. The van der Waals surface area contributed by atoms with E-state index >= 15 is 0 Å². The van der Waals surface area contributed by atoms with Gasteiger partial charge in [-0.15, -0.1) is 6.58 Å². The van der Waals surface area contributed by atoms with Crippen molar-refractivity contribution in [2.75, 3.05) is 26.9 Å². The molecule has 3 aliphatic heterocycles. The van der Waals surface area contributed by atoms with Gasteiger partial charge in [0.2, 0.25) is 11.8 Å². The lowest BCUT2D eigenvalue weighted by molar-refractivity contribution is -0.360. The first-order valence-corrected chi connectivity index (χ1v) is 13.7. The Hall–Kier alpha value is -2.78. The molecule has 18 nitrogen and oxygen atoms in total. The molecule has 3 aliphatic rings. The van der Waals surface area contributed by atoms with Crippen molar-refractivity contribution in [1.82, 2.24) is 10.6 Å². The van der Waals surface area contributed by atoms with Crippen molar-refractivity contribution in [1.29, 1.82) is 0 Å². The fourth-order valence-electron chi connectivity index (χ4n) is 5.46. The number of aliphatic hydroxyl groups excluding tert-OH is 6. The number of rotatable bonds is 11. The van der Waals surface area contributed by atoms with Crippen LogP contribution in [0.1, 0.15) is 26.7 Å². The second-order valence-electron chi connectivity index (χ2n) is 10.7. The predicted octanol–water partition coefficient (Wildman–Crippen LogP) is -4.92. The van der Waals surface area contributed by atoms with Gasteiger partial charge in [-0.05, 0) is 0 Å². The predicted molar refractivity (Wildman–Crippen MR) is 141 cm³/mol. The number of aliphatic hydroxyl groups is 6. The van der Waals surface area contributed by atoms with E-state index in [4.69, 9.17) is 28.4 Å². The highest BCUT2D eigenvalue weighted by Crippen LogP contribution is 2.40. The number of cyclic esters (lactones) is 1. The third-order valence-electron chi connectivity index (χ3n) is 7.48. The zero-order valence-corrected chi connectivity index (χ0v) is 24.4. The van der Waals surface area contributed by atoms with Crippen LogP contribution in [0.25, 0.3) is 0 Å². The second kappa shape index (κ2) is 14.5. The highest BCUT2D eigenvalue weighted by Gasteiger charge is 2.62. The Bertz CT molecular complexity index is 1080. The molecule has 2 unspecified atom stereocenters. The molecule has 3 heterocycles. The summed E-state index contributed by atoms with van der Waals surface area (Å²) >= 11 is 0. The van der Waals surface area contributed by atoms with Crippen LogP contribution >= 0.6 is 0 Å². The minimum absolute atomic E-state index is 0.249. The van der Waals surface area contributed by atoms with Crippen molar-refractivity contribution < 1.29 is 78.2 Å². The molecule has 18 heteroatoms. The summed E-state index contributed by atoms with van der Waals surface area (Å²) in [4.78, 5) is 49.6. The van der Waals surface area contributed by atoms with Crippen LogP contribution in [-0.4, -0.2) is 154 Å². The average Bonchev–Trinajstić information content (AvgIpc) is 2.98. The molecule has 8 N–H and O–H groups in total. The van der Waals surface area contributed by atoms with E-state index in [2.05, 4.69) is 17.2 Å².